The smallest absolute Gasteiger partial charge is 0.254 e. The lowest BCUT2D eigenvalue weighted by molar-refractivity contribution is 0.0867. The van der Waals surface area contributed by atoms with Gasteiger partial charge in [-0.1, -0.05) is 0 Å². The largest absolute Gasteiger partial charge is 0.396 e. The number of nitrogens with one attached hydrogen (secondary N) is 1. The average Bonchev–Trinajstić information content (AvgIpc) is 2.30. The van der Waals surface area contributed by atoms with Crippen LogP contribution in [0.4, 0.5) is 14.5 Å². The molecule has 6 heteroatoms. The fourth-order valence-electron chi connectivity index (χ4n) is 1.15. The number of amides is 1. The number of carbonyl (C=O) groups excluding carboxylic acids is 1. The Morgan fingerprint density at radius 3 is 2.71 bits per heavy atom. The Hall–Kier alpha value is -1.69. The zero-order valence-corrected chi connectivity index (χ0v) is 9.59. The number of benzene rings is 1. The number of rotatable bonds is 4. The Morgan fingerprint density at radius 2 is 2.12 bits per heavy atom. The number of halogens is 2. The molecular formula is C11H14F2N2O2. The van der Waals surface area contributed by atoms with E-state index in [1.54, 1.807) is 6.92 Å². The fourth-order valence-corrected chi connectivity index (χ4v) is 1.15. The van der Waals surface area contributed by atoms with Gasteiger partial charge in [-0.3, -0.25) is 4.79 Å². The van der Waals surface area contributed by atoms with Crippen LogP contribution in [-0.2, 0) is 4.74 Å². The Bertz CT molecular complexity index is 424. The molecule has 1 rings (SSSR count). The minimum Gasteiger partial charge on any atom is -0.396 e. The summed E-state index contributed by atoms with van der Waals surface area (Å²) >= 11 is 0. The number of carbonyl (C=O) groups is 1. The van der Waals surface area contributed by atoms with Crippen molar-refractivity contribution in [2.24, 2.45) is 0 Å². The van der Waals surface area contributed by atoms with Crippen molar-refractivity contribution in [2.75, 3.05) is 19.4 Å². The highest BCUT2D eigenvalue weighted by Gasteiger charge is 2.15. The SMILES string of the molecule is COC(C)CNC(=O)c1cc(N)c(F)cc1F. The van der Waals surface area contributed by atoms with Crippen LogP contribution in [0.1, 0.15) is 17.3 Å². The predicted octanol–water partition coefficient (Wildman–Crippen LogP) is 1.31. The summed E-state index contributed by atoms with van der Waals surface area (Å²) in [5.41, 5.74) is 4.71. The molecule has 1 unspecified atom stereocenters. The molecule has 94 valence electrons. The first kappa shape index (κ1) is 13.4. The number of nitrogens with two attached hydrogens (primary N) is 1. The van der Waals surface area contributed by atoms with Crippen LogP contribution >= 0.6 is 0 Å². The molecule has 0 aromatic heterocycles. The monoisotopic (exact) mass is 244 g/mol. The molecule has 0 aliphatic carbocycles. The maximum absolute atomic E-state index is 13.3. The molecule has 0 radical (unpaired) electrons. The van der Waals surface area contributed by atoms with Gasteiger partial charge >= 0.3 is 0 Å². The Labute approximate surface area is 97.8 Å². The number of hydrogen-bond donors (Lipinski definition) is 2. The van der Waals surface area contributed by atoms with E-state index in [4.69, 9.17) is 10.5 Å². The second kappa shape index (κ2) is 5.58. The molecule has 1 aromatic rings. The molecule has 1 aromatic carbocycles. The normalized spacial score (nSPS) is 12.2. The van der Waals surface area contributed by atoms with E-state index in [2.05, 4.69) is 5.32 Å². The predicted molar refractivity (Wildman–Crippen MR) is 59.6 cm³/mol. The molecule has 0 spiro atoms. The van der Waals surface area contributed by atoms with Gasteiger partial charge in [0.15, 0.2) is 0 Å². The van der Waals surface area contributed by atoms with Crippen molar-refractivity contribution in [1.29, 1.82) is 0 Å². The molecule has 0 fully saturated rings. The summed E-state index contributed by atoms with van der Waals surface area (Å²) in [7, 11) is 1.49. The summed E-state index contributed by atoms with van der Waals surface area (Å²) in [5.74, 6) is -2.48. The number of hydrogen-bond acceptors (Lipinski definition) is 3. The second-order valence-electron chi connectivity index (χ2n) is 3.61. The maximum Gasteiger partial charge on any atom is 0.254 e. The Balaban J connectivity index is 2.79. The van der Waals surface area contributed by atoms with Crippen LogP contribution in [0.25, 0.3) is 0 Å². The first-order chi connectivity index (χ1) is 7.95. The number of methoxy groups -OCH3 is 1. The van der Waals surface area contributed by atoms with Gasteiger partial charge in [-0.25, -0.2) is 8.78 Å². The molecule has 0 bridgehead atoms. The summed E-state index contributed by atoms with van der Waals surface area (Å²) in [5, 5.41) is 2.46. The summed E-state index contributed by atoms with van der Waals surface area (Å²) in [6.07, 6.45) is -0.195. The highest BCUT2D eigenvalue weighted by atomic mass is 19.1. The van der Waals surface area contributed by atoms with Gasteiger partial charge in [0.25, 0.3) is 5.91 Å². The van der Waals surface area contributed by atoms with Gasteiger partial charge in [-0.2, -0.15) is 0 Å². The number of anilines is 1. The Morgan fingerprint density at radius 1 is 1.47 bits per heavy atom. The summed E-state index contributed by atoms with van der Waals surface area (Å²) in [4.78, 5) is 11.6. The lowest BCUT2D eigenvalue weighted by Gasteiger charge is -2.11. The highest BCUT2D eigenvalue weighted by molar-refractivity contribution is 5.95. The highest BCUT2D eigenvalue weighted by Crippen LogP contribution is 2.16. The number of ether oxygens (including phenoxy) is 1. The van der Waals surface area contributed by atoms with Gasteiger partial charge < -0.3 is 15.8 Å². The van der Waals surface area contributed by atoms with Crippen LogP contribution in [0.15, 0.2) is 12.1 Å². The topological polar surface area (TPSA) is 64.3 Å². The maximum atomic E-state index is 13.3. The van der Waals surface area contributed by atoms with Crippen molar-refractivity contribution in [3.8, 4) is 0 Å². The van der Waals surface area contributed by atoms with Gasteiger partial charge in [-0.05, 0) is 13.0 Å². The minimum absolute atomic E-state index is 0.195. The third-order valence-corrected chi connectivity index (χ3v) is 2.28. The third-order valence-electron chi connectivity index (χ3n) is 2.28. The second-order valence-corrected chi connectivity index (χ2v) is 3.61. The van der Waals surface area contributed by atoms with Crippen molar-refractivity contribution >= 4 is 11.6 Å². The first-order valence-corrected chi connectivity index (χ1v) is 5.01. The molecule has 0 heterocycles. The van der Waals surface area contributed by atoms with E-state index in [0.29, 0.717) is 6.07 Å². The van der Waals surface area contributed by atoms with Gasteiger partial charge in [0.2, 0.25) is 0 Å². The van der Waals surface area contributed by atoms with Gasteiger partial charge in [-0.15, -0.1) is 0 Å². The van der Waals surface area contributed by atoms with Crippen LogP contribution in [0, 0.1) is 11.6 Å². The zero-order valence-electron chi connectivity index (χ0n) is 9.59. The zero-order chi connectivity index (χ0) is 13.0. The average molecular weight is 244 g/mol. The van der Waals surface area contributed by atoms with Gasteiger partial charge in [0.1, 0.15) is 11.6 Å². The summed E-state index contributed by atoms with van der Waals surface area (Å²) in [6, 6.07) is 1.56. The Kier molecular flexibility index (Phi) is 4.39. The van der Waals surface area contributed by atoms with Gasteiger partial charge in [0.05, 0.1) is 17.4 Å². The van der Waals surface area contributed by atoms with Crippen LogP contribution in [-0.4, -0.2) is 25.7 Å². The van der Waals surface area contributed by atoms with Crippen LogP contribution < -0.4 is 11.1 Å². The lowest BCUT2D eigenvalue weighted by atomic mass is 10.1. The molecule has 4 nitrogen and oxygen atoms in total. The molecule has 1 atom stereocenters. The van der Waals surface area contributed by atoms with Crippen LogP contribution in [0.3, 0.4) is 0 Å². The van der Waals surface area contributed by atoms with Gasteiger partial charge in [0, 0.05) is 19.7 Å². The van der Waals surface area contributed by atoms with E-state index < -0.39 is 17.5 Å². The molecule has 0 aliphatic heterocycles. The molecule has 17 heavy (non-hydrogen) atoms. The quantitative estimate of drug-likeness (QED) is 0.785. The molecule has 0 saturated heterocycles. The first-order valence-electron chi connectivity index (χ1n) is 5.01. The van der Waals surface area contributed by atoms with E-state index in [1.165, 1.54) is 7.11 Å². The molecule has 0 saturated carbocycles. The third kappa shape index (κ3) is 3.39. The van der Waals surface area contributed by atoms with Crippen molar-refractivity contribution in [3.63, 3.8) is 0 Å². The van der Waals surface area contributed by atoms with E-state index in [-0.39, 0.29) is 23.9 Å². The van der Waals surface area contributed by atoms with Crippen molar-refractivity contribution in [3.05, 3.63) is 29.3 Å². The van der Waals surface area contributed by atoms with Crippen molar-refractivity contribution < 1.29 is 18.3 Å². The van der Waals surface area contributed by atoms with Crippen LogP contribution in [0.2, 0.25) is 0 Å². The molecular weight excluding hydrogens is 230 g/mol. The van der Waals surface area contributed by atoms with Crippen molar-refractivity contribution in [2.45, 2.75) is 13.0 Å². The van der Waals surface area contributed by atoms with E-state index >= 15 is 0 Å². The lowest BCUT2D eigenvalue weighted by Crippen LogP contribution is -2.32. The summed E-state index contributed by atoms with van der Waals surface area (Å²) < 4.78 is 31.1. The van der Waals surface area contributed by atoms with E-state index in [9.17, 15) is 13.6 Å². The summed E-state index contributed by atoms with van der Waals surface area (Å²) in [6.45, 7) is 1.97. The standard InChI is InChI=1S/C11H14F2N2O2/c1-6(17-2)5-15-11(16)7-3-10(14)9(13)4-8(7)12/h3-4,6H,5,14H2,1-2H3,(H,15,16). The molecule has 1 amide bonds. The van der Waals surface area contributed by atoms with E-state index in [1.807, 2.05) is 0 Å². The van der Waals surface area contributed by atoms with Crippen molar-refractivity contribution in [1.82, 2.24) is 5.32 Å². The van der Waals surface area contributed by atoms with E-state index in [0.717, 1.165) is 6.07 Å². The molecule has 0 aliphatic rings. The number of nitrogen functional groups attached to an aromatic ring is 1. The molecule has 3 N–H and O–H groups in total. The minimum atomic E-state index is -0.945. The van der Waals surface area contributed by atoms with Crippen LogP contribution in [0.5, 0.6) is 0 Å². The fraction of sp³-hybridized carbons (Fsp3) is 0.364.